The summed E-state index contributed by atoms with van der Waals surface area (Å²) in [7, 11) is 1.85. The minimum Gasteiger partial charge on any atom is -0.468 e. The summed E-state index contributed by atoms with van der Waals surface area (Å²) in [5.41, 5.74) is 6.80. The largest absolute Gasteiger partial charge is 0.468 e. The number of nitrogens with zero attached hydrogens (tertiary/aromatic N) is 4. The Kier molecular flexibility index (Phi) is 8.31. The third-order valence-corrected chi connectivity index (χ3v) is 6.70. The van der Waals surface area contributed by atoms with Crippen molar-refractivity contribution >= 4 is 29.6 Å². The monoisotopic (exact) mass is 565 g/mol. The third kappa shape index (κ3) is 7.15. The number of carbonyl (C=O) groups is 1. The van der Waals surface area contributed by atoms with Crippen LogP contribution in [0.5, 0.6) is 5.88 Å². The molecule has 3 aromatic rings. The number of alkyl halides is 3. The van der Waals surface area contributed by atoms with E-state index in [0.29, 0.717) is 25.3 Å². The molecule has 39 heavy (non-hydrogen) atoms. The van der Waals surface area contributed by atoms with Crippen LogP contribution in [0.15, 0.2) is 41.1 Å². The number of ether oxygens (including phenoxy) is 1. The number of hydrogen-bond donors (Lipinski definition) is 1. The molecule has 1 amide bonds. The van der Waals surface area contributed by atoms with Crippen LogP contribution in [0, 0.1) is 6.92 Å². The second-order valence-corrected chi connectivity index (χ2v) is 11.1. The summed E-state index contributed by atoms with van der Waals surface area (Å²) >= 11 is 1.08. The summed E-state index contributed by atoms with van der Waals surface area (Å²) in [5, 5.41) is 4.05. The number of carbonyl (C=O) groups excluding carboxylic acids is 1. The van der Waals surface area contributed by atoms with E-state index < -0.39 is 12.8 Å². The first kappa shape index (κ1) is 28.6. The van der Waals surface area contributed by atoms with E-state index in [1.54, 1.807) is 4.90 Å². The van der Waals surface area contributed by atoms with Crippen LogP contribution in [0.2, 0.25) is 0 Å². The highest BCUT2D eigenvalue weighted by molar-refractivity contribution is 7.96. The second-order valence-electron chi connectivity index (χ2n) is 10.2. The Hall–Kier alpha value is -3.45. The van der Waals surface area contributed by atoms with Crippen molar-refractivity contribution in [1.29, 1.82) is 0 Å². The zero-order chi connectivity index (χ0) is 28.4. The maximum absolute atomic E-state index is 13.0. The van der Waals surface area contributed by atoms with Crippen molar-refractivity contribution < 1.29 is 31.5 Å². The van der Waals surface area contributed by atoms with Gasteiger partial charge in [0.15, 0.2) is 12.4 Å². The first-order valence-corrected chi connectivity index (χ1v) is 12.9. The van der Waals surface area contributed by atoms with Crippen LogP contribution in [0.25, 0.3) is 0 Å². The number of nitrogens with one attached hydrogen (secondary N) is 1. The summed E-state index contributed by atoms with van der Waals surface area (Å²) in [6, 6.07) is 8.69. The molecule has 0 atom stereocenters. The first-order chi connectivity index (χ1) is 18.3. The Morgan fingerprint density at radius 2 is 1.97 bits per heavy atom. The molecule has 1 aromatic carbocycles. The number of rotatable bonds is 8. The Morgan fingerprint density at radius 3 is 2.62 bits per heavy atom. The minimum absolute atomic E-state index is 0.176. The smallest absolute Gasteiger partial charge is 0.422 e. The number of hydrogen-bond acceptors (Lipinski definition) is 9. The quantitative estimate of drug-likeness (QED) is 0.205. The predicted octanol–water partition coefficient (Wildman–Crippen LogP) is 5.86. The number of benzene rings is 1. The van der Waals surface area contributed by atoms with E-state index in [0.717, 1.165) is 40.4 Å². The van der Waals surface area contributed by atoms with Gasteiger partial charge in [0.1, 0.15) is 18.0 Å². The second kappa shape index (κ2) is 11.3. The summed E-state index contributed by atoms with van der Waals surface area (Å²) in [5.74, 6) is 0.842. The number of aromatic nitrogens is 2. The molecule has 3 heterocycles. The van der Waals surface area contributed by atoms with Crippen molar-refractivity contribution in [3.8, 4) is 5.88 Å². The lowest BCUT2D eigenvalue weighted by atomic mass is 9.91. The molecule has 4 rings (SSSR count). The molecule has 1 aliphatic rings. The van der Waals surface area contributed by atoms with Gasteiger partial charge >= 0.3 is 6.18 Å². The van der Waals surface area contributed by atoms with Gasteiger partial charge in [0, 0.05) is 49.1 Å². The van der Waals surface area contributed by atoms with Gasteiger partial charge in [0.25, 0.3) is 5.91 Å². The fraction of sp³-hybridized carbons (Fsp3) is 0.423. The Labute approximate surface area is 228 Å². The van der Waals surface area contributed by atoms with Gasteiger partial charge in [-0.3, -0.25) is 9.10 Å². The molecule has 13 heteroatoms. The van der Waals surface area contributed by atoms with Crippen molar-refractivity contribution in [3.05, 3.63) is 64.5 Å². The molecule has 2 aromatic heterocycles. The summed E-state index contributed by atoms with van der Waals surface area (Å²) in [4.78, 5) is 18.6. The van der Waals surface area contributed by atoms with Gasteiger partial charge in [-0.05, 0) is 42.7 Å². The number of anilines is 2. The van der Waals surface area contributed by atoms with Gasteiger partial charge in [-0.1, -0.05) is 32.0 Å². The van der Waals surface area contributed by atoms with Gasteiger partial charge in [-0.2, -0.15) is 17.5 Å². The van der Waals surface area contributed by atoms with Gasteiger partial charge < -0.3 is 14.2 Å². The zero-order valence-electron chi connectivity index (χ0n) is 22.3. The Balaban J connectivity index is 1.34. The summed E-state index contributed by atoms with van der Waals surface area (Å²) in [6.07, 6.45) is -2.55. The maximum atomic E-state index is 13.0. The highest BCUT2D eigenvalue weighted by Crippen LogP contribution is 2.31. The van der Waals surface area contributed by atoms with Crippen molar-refractivity contribution in [2.24, 2.45) is 0 Å². The molecular weight excluding hydrogens is 535 g/mol. The average Bonchev–Trinajstić information content (AvgIpc) is 3.26. The van der Waals surface area contributed by atoms with Gasteiger partial charge in [0.05, 0.1) is 5.56 Å². The minimum atomic E-state index is -4.46. The van der Waals surface area contributed by atoms with Crippen LogP contribution < -0.4 is 14.5 Å². The predicted molar refractivity (Wildman–Crippen MR) is 141 cm³/mol. The average molecular weight is 566 g/mol. The fourth-order valence-corrected chi connectivity index (χ4v) is 4.56. The normalized spacial score (nSPS) is 13.7. The summed E-state index contributed by atoms with van der Waals surface area (Å²) in [6.45, 7) is 7.51. The van der Waals surface area contributed by atoms with Crippen molar-refractivity contribution in [1.82, 2.24) is 15.0 Å². The fourth-order valence-electron chi connectivity index (χ4n) is 4.13. The lowest BCUT2D eigenvalue weighted by molar-refractivity contribution is -0.154. The van der Waals surface area contributed by atoms with Crippen molar-refractivity contribution in [3.63, 3.8) is 0 Å². The SMILES string of the molecule is Cc1c(NOSN(C)c2ccc3c(c2)CN(C(=O)c2ccc(OCC(F)(F)F)nc2)CC3)noc1C(C)(C)C. The third-order valence-electron chi connectivity index (χ3n) is 6.11. The van der Waals surface area contributed by atoms with Gasteiger partial charge in [-0.15, -0.1) is 0 Å². The molecule has 1 aliphatic heterocycles. The van der Waals surface area contributed by atoms with E-state index in [9.17, 15) is 18.0 Å². The number of halogens is 3. The van der Waals surface area contributed by atoms with Gasteiger partial charge in [-0.25, -0.2) is 10.5 Å². The summed E-state index contributed by atoms with van der Waals surface area (Å²) < 4.78 is 54.5. The molecule has 9 nitrogen and oxygen atoms in total. The molecule has 0 bridgehead atoms. The number of amides is 1. The van der Waals surface area contributed by atoms with Crippen LogP contribution in [0.4, 0.5) is 24.7 Å². The maximum Gasteiger partial charge on any atom is 0.422 e. The number of pyridine rings is 1. The molecule has 0 spiro atoms. The van der Waals surface area contributed by atoms with E-state index in [1.807, 2.05) is 57.2 Å². The van der Waals surface area contributed by atoms with E-state index in [1.165, 1.54) is 18.3 Å². The lowest BCUT2D eigenvalue weighted by Crippen LogP contribution is -2.36. The van der Waals surface area contributed by atoms with Crippen molar-refractivity contribution in [2.75, 3.05) is 30.0 Å². The first-order valence-electron chi connectivity index (χ1n) is 12.2. The topological polar surface area (TPSA) is 93.0 Å². The molecule has 0 saturated heterocycles. The Morgan fingerprint density at radius 1 is 1.21 bits per heavy atom. The van der Waals surface area contributed by atoms with Gasteiger partial charge in [0.2, 0.25) is 5.88 Å². The molecule has 1 N–H and O–H groups in total. The molecule has 0 radical (unpaired) electrons. The molecule has 0 fully saturated rings. The Bertz CT molecular complexity index is 1310. The van der Waals surface area contributed by atoms with Crippen LogP contribution in [0.3, 0.4) is 0 Å². The molecule has 210 valence electrons. The molecule has 0 aliphatic carbocycles. The van der Waals surface area contributed by atoms with Crippen LogP contribution in [0.1, 0.15) is 53.6 Å². The highest BCUT2D eigenvalue weighted by atomic mass is 32.2. The van der Waals surface area contributed by atoms with E-state index >= 15 is 0 Å². The zero-order valence-corrected chi connectivity index (χ0v) is 23.1. The van der Waals surface area contributed by atoms with Crippen LogP contribution >= 0.6 is 12.2 Å². The molecule has 0 saturated carbocycles. The van der Waals surface area contributed by atoms with Crippen LogP contribution in [-0.2, 0) is 22.7 Å². The van der Waals surface area contributed by atoms with E-state index in [-0.39, 0.29) is 22.8 Å². The highest BCUT2D eigenvalue weighted by Gasteiger charge is 2.29. The van der Waals surface area contributed by atoms with E-state index in [2.05, 4.69) is 20.4 Å². The lowest BCUT2D eigenvalue weighted by Gasteiger charge is -2.30. The van der Waals surface area contributed by atoms with E-state index in [4.69, 9.17) is 8.81 Å². The standard InChI is InChI=1S/C26H30F3N5O4S/c1-16-22(25(2,3)4)37-31-23(16)32-38-39-33(5)20-8-6-17-10-11-34(14-19(17)12-20)24(35)18-7-9-21(30-13-18)36-15-26(27,28)29/h6-9,12-13H,10-11,14-15H2,1-5H3,(H,31,32). The van der Waals surface area contributed by atoms with Crippen molar-refractivity contribution in [2.45, 2.75) is 52.3 Å². The molecular formula is C26H30F3N5O4S. The van der Waals surface area contributed by atoms with Crippen LogP contribution in [-0.4, -0.2) is 47.3 Å². The number of fused-ring (bicyclic) bond motifs is 1. The molecule has 0 unspecified atom stereocenters.